The summed E-state index contributed by atoms with van der Waals surface area (Å²) in [5, 5.41) is 18.2. The van der Waals surface area contributed by atoms with Crippen LogP contribution in [0, 0.1) is 5.92 Å². The van der Waals surface area contributed by atoms with E-state index in [-0.39, 0.29) is 12.0 Å². The van der Waals surface area contributed by atoms with Crippen molar-refractivity contribution in [3.8, 4) is 16.9 Å². The van der Waals surface area contributed by atoms with Crippen molar-refractivity contribution in [3.63, 3.8) is 0 Å². The zero-order chi connectivity index (χ0) is 20.2. The molecule has 4 rings (SSSR count). The summed E-state index contributed by atoms with van der Waals surface area (Å²) in [6, 6.07) is 17.0. The lowest BCUT2D eigenvalue weighted by atomic mass is 9.87. The van der Waals surface area contributed by atoms with E-state index in [1.54, 1.807) is 23.0 Å². The van der Waals surface area contributed by atoms with E-state index < -0.39 is 0 Å². The molecule has 1 fully saturated rings. The second kappa shape index (κ2) is 8.80. The molecular weight excluding hydrogens is 386 g/mol. The summed E-state index contributed by atoms with van der Waals surface area (Å²) in [7, 11) is 0. The normalized spacial score (nSPS) is 19.1. The van der Waals surface area contributed by atoms with Crippen LogP contribution in [0.5, 0.6) is 0 Å². The molecule has 0 saturated heterocycles. The first-order chi connectivity index (χ1) is 14.1. The van der Waals surface area contributed by atoms with Crippen LogP contribution in [0.1, 0.15) is 36.0 Å². The molecule has 2 atom stereocenters. The molecule has 0 aliphatic heterocycles. The van der Waals surface area contributed by atoms with Gasteiger partial charge in [0, 0.05) is 23.3 Å². The van der Waals surface area contributed by atoms with Gasteiger partial charge in [-0.1, -0.05) is 48.4 Å². The van der Waals surface area contributed by atoms with Crippen LogP contribution in [0.25, 0.3) is 16.9 Å². The summed E-state index contributed by atoms with van der Waals surface area (Å²) in [5.74, 6) is 0.156. The zero-order valence-corrected chi connectivity index (χ0v) is 16.8. The average Bonchev–Trinajstić information content (AvgIpc) is 3.19. The maximum Gasteiger partial charge on any atom is 0.255 e. The molecule has 0 radical (unpaired) electrons. The first kappa shape index (κ1) is 19.7. The number of aliphatic hydroxyl groups is 1. The fourth-order valence-electron chi connectivity index (χ4n) is 3.85. The maximum atomic E-state index is 13.0. The highest BCUT2D eigenvalue weighted by Gasteiger charge is 2.23. The smallest absolute Gasteiger partial charge is 0.255 e. The molecular formula is C23H24ClN3O2. The Labute approximate surface area is 175 Å². The van der Waals surface area contributed by atoms with E-state index in [1.807, 2.05) is 42.5 Å². The van der Waals surface area contributed by atoms with Gasteiger partial charge in [-0.05, 0) is 49.4 Å². The molecule has 1 aliphatic rings. The lowest BCUT2D eigenvalue weighted by molar-refractivity contribution is 0.0874. The number of hydrogen-bond acceptors (Lipinski definition) is 3. The summed E-state index contributed by atoms with van der Waals surface area (Å²) < 4.78 is 1.73. The minimum absolute atomic E-state index is 0.155. The Kier molecular flexibility index (Phi) is 5.97. The second-order valence-electron chi connectivity index (χ2n) is 7.57. The van der Waals surface area contributed by atoms with Crippen LogP contribution in [0.2, 0.25) is 5.02 Å². The number of hydrogen-bond donors (Lipinski definition) is 2. The van der Waals surface area contributed by atoms with E-state index in [4.69, 9.17) is 11.6 Å². The minimum atomic E-state index is -0.254. The predicted octanol–water partition coefficient (Wildman–Crippen LogP) is 4.47. The molecule has 29 heavy (non-hydrogen) atoms. The fourth-order valence-corrected chi connectivity index (χ4v) is 3.98. The Morgan fingerprint density at radius 3 is 2.62 bits per heavy atom. The van der Waals surface area contributed by atoms with Crippen molar-refractivity contribution >= 4 is 17.5 Å². The lowest BCUT2D eigenvalue weighted by Gasteiger charge is -2.25. The number of nitrogens with one attached hydrogen (secondary N) is 1. The van der Waals surface area contributed by atoms with Gasteiger partial charge in [0.15, 0.2) is 0 Å². The monoisotopic (exact) mass is 409 g/mol. The van der Waals surface area contributed by atoms with E-state index >= 15 is 0 Å². The number of rotatable bonds is 5. The van der Waals surface area contributed by atoms with Crippen LogP contribution in [0.3, 0.4) is 0 Å². The fraction of sp³-hybridized carbons (Fsp3) is 0.304. The predicted molar refractivity (Wildman–Crippen MR) is 114 cm³/mol. The van der Waals surface area contributed by atoms with Crippen LogP contribution < -0.4 is 5.32 Å². The molecule has 6 heteroatoms. The third-order valence-electron chi connectivity index (χ3n) is 5.40. The molecule has 1 aromatic heterocycles. The highest BCUT2D eigenvalue weighted by atomic mass is 35.5. The Bertz CT molecular complexity index is 970. The van der Waals surface area contributed by atoms with Crippen molar-refractivity contribution < 1.29 is 9.90 Å². The number of amides is 1. The van der Waals surface area contributed by atoms with Crippen molar-refractivity contribution in [2.24, 2.45) is 5.92 Å². The number of aliphatic hydroxyl groups excluding tert-OH is 1. The van der Waals surface area contributed by atoms with Crippen LogP contribution in [0.15, 0.2) is 60.8 Å². The van der Waals surface area contributed by atoms with Crippen LogP contribution in [0.4, 0.5) is 0 Å². The molecule has 5 nitrogen and oxygen atoms in total. The summed E-state index contributed by atoms with van der Waals surface area (Å²) in [6.07, 6.45) is 5.15. The van der Waals surface area contributed by atoms with Gasteiger partial charge in [-0.15, -0.1) is 0 Å². The van der Waals surface area contributed by atoms with Gasteiger partial charge in [0.25, 0.3) is 5.91 Å². The van der Waals surface area contributed by atoms with Crippen molar-refractivity contribution in [2.45, 2.75) is 31.8 Å². The van der Waals surface area contributed by atoms with Gasteiger partial charge >= 0.3 is 0 Å². The maximum absolute atomic E-state index is 13.0. The quantitative estimate of drug-likeness (QED) is 0.653. The Morgan fingerprint density at radius 1 is 1.14 bits per heavy atom. The number of benzene rings is 2. The third kappa shape index (κ3) is 4.69. The van der Waals surface area contributed by atoms with Crippen LogP contribution in [-0.4, -0.2) is 33.4 Å². The van der Waals surface area contributed by atoms with Crippen molar-refractivity contribution in [1.29, 1.82) is 0 Å². The van der Waals surface area contributed by atoms with Gasteiger partial charge in [-0.3, -0.25) is 4.79 Å². The number of carbonyl (C=O) groups excluding carboxylic acids is 1. The Morgan fingerprint density at radius 2 is 1.90 bits per heavy atom. The van der Waals surface area contributed by atoms with E-state index in [0.29, 0.717) is 28.7 Å². The minimum Gasteiger partial charge on any atom is -0.393 e. The third-order valence-corrected chi connectivity index (χ3v) is 5.66. The van der Waals surface area contributed by atoms with Crippen LogP contribution in [-0.2, 0) is 0 Å². The van der Waals surface area contributed by atoms with Gasteiger partial charge < -0.3 is 10.4 Å². The van der Waals surface area contributed by atoms with Gasteiger partial charge in [0.2, 0.25) is 0 Å². The number of nitrogens with zero attached hydrogens (tertiary/aromatic N) is 2. The van der Waals surface area contributed by atoms with E-state index in [0.717, 1.165) is 36.9 Å². The first-order valence-corrected chi connectivity index (χ1v) is 10.4. The highest BCUT2D eigenvalue weighted by Crippen LogP contribution is 2.26. The summed E-state index contributed by atoms with van der Waals surface area (Å²) in [4.78, 5) is 13.0. The second-order valence-corrected chi connectivity index (χ2v) is 8.01. The summed E-state index contributed by atoms with van der Waals surface area (Å²) in [6.45, 7) is 0.562. The lowest BCUT2D eigenvalue weighted by Crippen LogP contribution is -2.33. The number of aromatic nitrogens is 2. The average molecular weight is 410 g/mol. The molecule has 1 saturated carbocycles. The van der Waals surface area contributed by atoms with Crippen molar-refractivity contribution in [2.75, 3.05) is 6.54 Å². The molecule has 3 aromatic rings. The van der Waals surface area contributed by atoms with E-state index in [2.05, 4.69) is 10.4 Å². The SMILES string of the molecule is O=C(NCC1CCCC(O)C1)c1cn(-c2ccccc2)nc1-c1ccc(Cl)cc1. The molecule has 0 bridgehead atoms. The molecule has 2 unspecified atom stereocenters. The summed E-state index contributed by atoms with van der Waals surface area (Å²) in [5.41, 5.74) is 2.86. The Hall–Kier alpha value is -2.63. The Balaban J connectivity index is 1.60. The highest BCUT2D eigenvalue weighted by molar-refractivity contribution is 6.30. The molecule has 1 heterocycles. The zero-order valence-electron chi connectivity index (χ0n) is 16.1. The van der Waals surface area contributed by atoms with E-state index in [9.17, 15) is 9.90 Å². The molecule has 1 aliphatic carbocycles. The largest absolute Gasteiger partial charge is 0.393 e. The van der Waals surface area contributed by atoms with Crippen LogP contribution >= 0.6 is 11.6 Å². The molecule has 150 valence electrons. The number of carbonyl (C=O) groups is 1. The molecule has 2 aromatic carbocycles. The summed E-state index contributed by atoms with van der Waals surface area (Å²) >= 11 is 6.02. The number of para-hydroxylation sites is 1. The molecule has 1 amide bonds. The molecule has 0 spiro atoms. The van der Waals surface area contributed by atoms with Crippen molar-refractivity contribution in [3.05, 3.63) is 71.4 Å². The topological polar surface area (TPSA) is 67.2 Å². The van der Waals surface area contributed by atoms with Gasteiger partial charge in [-0.25, -0.2) is 4.68 Å². The van der Waals surface area contributed by atoms with Gasteiger partial charge in [0.1, 0.15) is 5.69 Å². The van der Waals surface area contributed by atoms with Gasteiger partial charge in [0.05, 0.1) is 17.4 Å². The standard InChI is InChI=1S/C23H24ClN3O2/c24-18-11-9-17(10-12-18)22-21(15-27(26-22)19-6-2-1-3-7-19)23(29)25-14-16-5-4-8-20(28)13-16/h1-3,6-7,9-12,15-16,20,28H,4-5,8,13-14H2,(H,25,29). The van der Waals surface area contributed by atoms with Gasteiger partial charge in [-0.2, -0.15) is 5.10 Å². The van der Waals surface area contributed by atoms with E-state index in [1.165, 1.54) is 0 Å². The van der Waals surface area contributed by atoms with Crippen molar-refractivity contribution in [1.82, 2.24) is 15.1 Å². The number of halogens is 1. The first-order valence-electron chi connectivity index (χ1n) is 9.97. The molecule has 2 N–H and O–H groups in total.